The summed E-state index contributed by atoms with van der Waals surface area (Å²) in [6.07, 6.45) is 5.88. The van der Waals surface area contributed by atoms with Crippen LogP contribution in [0.15, 0.2) is 50.7 Å². The van der Waals surface area contributed by atoms with Gasteiger partial charge in [0.15, 0.2) is 0 Å². The summed E-state index contributed by atoms with van der Waals surface area (Å²) in [4.78, 5) is 31.5. The van der Waals surface area contributed by atoms with Crippen LogP contribution >= 0.6 is 0 Å². The molecule has 1 N–H and O–H groups in total. The molecule has 0 saturated carbocycles. The van der Waals surface area contributed by atoms with E-state index in [1.54, 1.807) is 12.1 Å². The van der Waals surface area contributed by atoms with Gasteiger partial charge in [0.25, 0.3) is 0 Å². The molecule has 112 valence electrons. The number of hydrogen-bond acceptors (Lipinski definition) is 7. The highest BCUT2D eigenvalue weighted by Crippen LogP contribution is 2.10. The summed E-state index contributed by atoms with van der Waals surface area (Å²) in [5.74, 6) is -0.368. The van der Waals surface area contributed by atoms with Gasteiger partial charge >= 0.3 is 5.76 Å². The molecule has 0 bridgehead atoms. The van der Waals surface area contributed by atoms with Crippen molar-refractivity contribution in [1.82, 2.24) is 25.0 Å². The molecule has 3 aromatic heterocycles. The zero-order chi connectivity index (χ0) is 15.4. The van der Waals surface area contributed by atoms with Gasteiger partial charge in [0.1, 0.15) is 18.0 Å². The third-order valence-corrected chi connectivity index (χ3v) is 2.82. The standard InChI is InChI=1S/C13H11N5O4/c19-11(16-6-9-2-1-5-21-9)8-18-12(17-22-13(18)20)10-7-14-3-4-15-10/h1-5,7H,6,8H2,(H,16,19). The van der Waals surface area contributed by atoms with Gasteiger partial charge in [-0.2, -0.15) is 0 Å². The molecule has 0 spiro atoms. The van der Waals surface area contributed by atoms with Gasteiger partial charge in [-0.1, -0.05) is 5.16 Å². The molecular formula is C13H11N5O4. The molecule has 0 saturated heterocycles. The molecule has 1 amide bonds. The Balaban J connectivity index is 1.74. The van der Waals surface area contributed by atoms with Crippen LogP contribution in [0.25, 0.3) is 11.5 Å². The monoisotopic (exact) mass is 301 g/mol. The number of carbonyl (C=O) groups excluding carboxylic acids is 1. The fourth-order valence-corrected chi connectivity index (χ4v) is 1.80. The molecular weight excluding hydrogens is 290 g/mol. The predicted octanol–water partition coefficient (Wildman–Crippen LogP) is 0.203. The van der Waals surface area contributed by atoms with Crippen molar-refractivity contribution in [3.8, 4) is 11.5 Å². The number of carbonyl (C=O) groups is 1. The molecule has 3 heterocycles. The van der Waals surface area contributed by atoms with Crippen LogP contribution in [0.3, 0.4) is 0 Å². The van der Waals surface area contributed by atoms with Gasteiger partial charge in [0.05, 0.1) is 19.0 Å². The van der Waals surface area contributed by atoms with Crippen molar-refractivity contribution in [2.45, 2.75) is 13.1 Å². The van der Waals surface area contributed by atoms with E-state index in [4.69, 9.17) is 4.42 Å². The molecule has 0 aliphatic heterocycles. The molecule has 0 fully saturated rings. The summed E-state index contributed by atoms with van der Waals surface area (Å²) in [5.41, 5.74) is 0.340. The second-order valence-electron chi connectivity index (χ2n) is 4.30. The van der Waals surface area contributed by atoms with Gasteiger partial charge in [-0.3, -0.25) is 14.3 Å². The Labute approximate surface area is 123 Å². The Hall–Kier alpha value is -3.23. The van der Waals surface area contributed by atoms with Crippen LogP contribution in [0.1, 0.15) is 5.76 Å². The largest absolute Gasteiger partial charge is 0.467 e. The lowest BCUT2D eigenvalue weighted by Crippen LogP contribution is -2.30. The van der Waals surface area contributed by atoms with Gasteiger partial charge in [-0.15, -0.1) is 0 Å². The van der Waals surface area contributed by atoms with E-state index in [-0.39, 0.29) is 24.8 Å². The van der Waals surface area contributed by atoms with Crippen LogP contribution in [0.4, 0.5) is 0 Å². The van der Waals surface area contributed by atoms with Crippen molar-refractivity contribution in [2.75, 3.05) is 0 Å². The van der Waals surface area contributed by atoms with E-state index >= 15 is 0 Å². The van der Waals surface area contributed by atoms with Crippen molar-refractivity contribution in [2.24, 2.45) is 0 Å². The molecule has 0 aromatic carbocycles. The lowest BCUT2D eigenvalue weighted by atomic mass is 10.4. The fourth-order valence-electron chi connectivity index (χ4n) is 1.80. The predicted molar refractivity (Wildman–Crippen MR) is 72.3 cm³/mol. The number of nitrogens with one attached hydrogen (secondary N) is 1. The van der Waals surface area contributed by atoms with Crippen LogP contribution in [-0.2, 0) is 17.9 Å². The smallest absolute Gasteiger partial charge is 0.442 e. The van der Waals surface area contributed by atoms with Crippen molar-refractivity contribution in [1.29, 1.82) is 0 Å². The van der Waals surface area contributed by atoms with E-state index in [0.717, 1.165) is 4.57 Å². The zero-order valence-corrected chi connectivity index (χ0v) is 11.3. The van der Waals surface area contributed by atoms with E-state index in [0.29, 0.717) is 11.5 Å². The summed E-state index contributed by atoms with van der Waals surface area (Å²) in [6.45, 7) is -0.0126. The SMILES string of the molecule is O=C(Cn1c(-c2cnccn2)noc1=O)NCc1ccco1. The molecule has 0 unspecified atom stereocenters. The Kier molecular flexibility index (Phi) is 3.77. The van der Waals surface area contributed by atoms with E-state index in [9.17, 15) is 9.59 Å². The third kappa shape index (κ3) is 2.92. The summed E-state index contributed by atoms with van der Waals surface area (Å²) in [6, 6.07) is 3.45. The van der Waals surface area contributed by atoms with Crippen LogP contribution in [0.5, 0.6) is 0 Å². The van der Waals surface area contributed by atoms with Gasteiger partial charge in [0.2, 0.25) is 11.7 Å². The second-order valence-corrected chi connectivity index (χ2v) is 4.30. The minimum absolute atomic E-state index is 0.145. The molecule has 3 rings (SSSR count). The average Bonchev–Trinajstić information content (AvgIpc) is 3.17. The first-order chi connectivity index (χ1) is 10.7. The van der Waals surface area contributed by atoms with Crippen molar-refractivity contribution >= 4 is 5.91 Å². The van der Waals surface area contributed by atoms with E-state index < -0.39 is 5.76 Å². The number of hydrogen-bond donors (Lipinski definition) is 1. The van der Waals surface area contributed by atoms with E-state index in [2.05, 4.69) is 25.0 Å². The van der Waals surface area contributed by atoms with Crippen molar-refractivity contribution in [3.05, 3.63) is 53.3 Å². The maximum atomic E-state index is 11.9. The highest BCUT2D eigenvalue weighted by atomic mass is 16.5. The minimum atomic E-state index is -0.742. The maximum Gasteiger partial charge on any atom is 0.442 e. The lowest BCUT2D eigenvalue weighted by Gasteiger charge is -2.04. The molecule has 9 heteroatoms. The molecule has 3 aromatic rings. The minimum Gasteiger partial charge on any atom is -0.467 e. The molecule has 0 radical (unpaired) electrons. The number of amides is 1. The number of furan rings is 1. The van der Waals surface area contributed by atoms with Crippen LogP contribution < -0.4 is 11.1 Å². The molecule has 22 heavy (non-hydrogen) atoms. The first-order valence-electron chi connectivity index (χ1n) is 6.36. The van der Waals surface area contributed by atoms with E-state index in [1.165, 1.54) is 24.9 Å². The maximum absolute atomic E-state index is 11.9. The highest BCUT2D eigenvalue weighted by Gasteiger charge is 2.16. The molecule has 0 aliphatic carbocycles. The van der Waals surface area contributed by atoms with Crippen LogP contribution in [0.2, 0.25) is 0 Å². The summed E-state index contributed by atoms with van der Waals surface area (Å²) in [7, 11) is 0. The fraction of sp³-hybridized carbons (Fsp3) is 0.154. The zero-order valence-electron chi connectivity index (χ0n) is 11.3. The molecule has 9 nitrogen and oxygen atoms in total. The molecule has 0 aliphatic rings. The summed E-state index contributed by atoms with van der Waals surface area (Å²) >= 11 is 0. The third-order valence-electron chi connectivity index (χ3n) is 2.82. The van der Waals surface area contributed by atoms with Crippen LogP contribution in [0, 0.1) is 0 Å². The summed E-state index contributed by atoms with van der Waals surface area (Å²) in [5, 5.41) is 6.25. The van der Waals surface area contributed by atoms with Gasteiger partial charge in [-0.05, 0) is 12.1 Å². The van der Waals surface area contributed by atoms with Crippen molar-refractivity contribution < 1.29 is 13.7 Å². The number of aromatic nitrogens is 4. The van der Waals surface area contributed by atoms with Crippen molar-refractivity contribution in [3.63, 3.8) is 0 Å². The number of rotatable bonds is 5. The lowest BCUT2D eigenvalue weighted by molar-refractivity contribution is -0.122. The van der Waals surface area contributed by atoms with Crippen LogP contribution in [-0.4, -0.2) is 25.6 Å². The quantitative estimate of drug-likeness (QED) is 0.715. The second kappa shape index (κ2) is 6.04. The summed E-state index contributed by atoms with van der Waals surface area (Å²) < 4.78 is 10.8. The highest BCUT2D eigenvalue weighted by molar-refractivity contribution is 5.76. The van der Waals surface area contributed by atoms with E-state index in [1.807, 2.05) is 0 Å². The van der Waals surface area contributed by atoms with Gasteiger partial charge in [-0.25, -0.2) is 14.3 Å². The normalized spacial score (nSPS) is 10.5. The molecule has 0 atom stereocenters. The Bertz CT molecular complexity index is 807. The topological polar surface area (TPSA) is 116 Å². The van der Waals surface area contributed by atoms with Gasteiger partial charge < -0.3 is 9.73 Å². The van der Waals surface area contributed by atoms with Gasteiger partial charge in [0, 0.05) is 12.4 Å². The average molecular weight is 301 g/mol. The number of nitrogens with zero attached hydrogens (tertiary/aromatic N) is 4. The first kappa shape index (κ1) is 13.7. The Morgan fingerprint density at radius 1 is 1.36 bits per heavy atom. The Morgan fingerprint density at radius 2 is 2.27 bits per heavy atom. The Morgan fingerprint density at radius 3 is 3.00 bits per heavy atom. The first-order valence-corrected chi connectivity index (χ1v) is 6.36.